The summed E-state index contributed by atoms with van der Waals surface area (Å²) in [6.07, 6.45) is -1.52. The number of nitrogens with one attached hydrogen (secondary N) is 2. The van der Waals surface area contributed by atoms with Crippen molar-refractivity contribution >= 4 is 68.9 Å². The summed E-state index contributed by atoms with van der Waals surface area (Å²) in [5.74, 6) is 4.26. The summed E-state index contributed by atoms with van der Waals surface area (Å²) in [7, 11) is -17.9. The number of carboxylic acids is 1. The predicted molar refractivity (Wildman–Crippen MR) is 234 cm³/mol. The zero-order valence-corrected chi connectivity index (χ0v) is 38.5. The fourth-order valence-electron chi connectivity index (χ4n) is 7.59. The highest BCUT2D eigenvalue weighted by atomic mass is 31.3. The number of carboxylic acid groups (broad SMARTS) is 1. The fraction of sp³-hybridized carbons (Fsp3) is 0.293. The van der Waals surface area contributed by atoms with Crippen LogP contribution in [0, 0.1) is 25.7 Å². The van der Waals surface area contributed by atoms with Crippen LogP contribution in [0.15, 0.2) is 64.4 Å². The molecule has 7 rings (SSSR count). The van der Waals surface area contributed by atoms with Crippen LogP contribution in [0.25, 0.3) is 44.5 Å². The highest BCUT2D eigenvalue weighted by molar-refractivity contribution is 7.65. The number of aromatic carboxylic acids is 1. The SMILES string of the molecule is CCN=c1cc2oc3cc(NCC)c(C)cc3c(-c3ccc(C(=O)NCC#Cc4cn(C5OC(COP(=O)([O-])OP(=O)([O-])OP(=O)([O-])O)CC5O)c5ncnc(N)c45)cc3C(=O)O)c-2cc1C. The first kappa shape index (κ1) is 49.1. The highest BCUT2D eigenvalue weighted by Crippen LogP contribution is 2.61. The van der Waals surface area contributed by atoms with E-state index in [0.717, 1.165) is 28.5 Å². The molecule has 26 heteroatoms. The maximum Gasteiger partial charge on any atom is 0.336 e. The largest absolute Gasteiger partial charge is 0.756 e. The van der Waals surface area contributed by atoms with Crippen molar-refractivity contribution in [3.63, 3.8) is 0 Å². The van der Waals surface area contributed by atoms with Crippen molar-refractivity contribution in [3.8, 4) is 34.3 Å². The Morgan fingerprint density at radius 2 is 1.79 bits per heavy atom. The number of aromatic nitrogens is 3. The van der Waals surface area contributed by atoms with E-state index >= 15 is 0 Å². The number of phosphoric ester groups is 1. The lowest BCUT2D eigenvalue weighted by molar-refractivity contribution is -0.250. The Bertz CT molecular complexity index is 3190. The van der Waals surface area contributed by atoms with E-state index in [1.165, 1.54) is 22.9 Å². The van der Waals surface area contributed by atoms with Crippen LogP contribution in [0.3, 0.4) is 0 Å². The van der Waals surface area contributed by atoms with E-state index in [4.69, 9.17) is 19.8 Å². The lowest BCUT2D eigenvalue weighted by Gasteiger charge is -2.32. The van der Waals surface area contributed by atoms with Crippen LogP contribution in [0.1, 0.15) is 63.9 Å². The fourth-order valence-corrected chi connectivity index (χ4v) is 10.5. The Balaban J connectivity index is 1.12. The van der Waals surface area contributed by atoms with Crippen molar-refractivity contribution in [1.82, 2.24) is 19.9 Å². The summed E-state index contributed by atoms with van der Waals surface area (Å²) in [6.45, 7) is 7.82. The minimum Gasteiger partial charge on any atom is -0.756 e. The number of benzene rings is 3. The van der Waals surface area contributed by atoms with Gasteiger partial charge in [-0.15, -0.1) is 0 Å². The van der Waals surface area contributed by atoms with Crippen molar-refractivity contribution in [2.24, 2.45) is 4.99 Å². The number of phosphoric acid groups is 3. The molecule has 4 aromatic rings. The maximum absolute atomic E-state index is 13.5. The van der Waals surface area contributed by atoms with Gasteiger partial charge in [-0.2, -0.15) is 0 Å². The summed E-state index contributed by atoms with van der Waals surface area (Å²) in [5.41, 5.74) is 11.2. The average molecular weight is 981 g/mol. The molecule has 0 saturated carbocycles. The molecule has 2 aliphatic heterocycles. The smallest absolute Gasteiger partial charge is 0.336 e. The van der Waals surface area contributed by atoms with Crippen molar-refractivity contribution in [3.05, 3.63) is 88.2 Å². The second-order valence-electron chi connectivity index (χ2n) is 15.0. The number of hydrogen-bond donors (Lipinski definition) is 6. The first-order chi connectivity index (χ1) is 31.6. The third-order valence-electron chi connectivity index (χ3n) is 10.3. The summed E-state index contributed by atoms with van der Waals surface area (Å²) < 4.78 is 59.3. The molecule has 2 aromatic heterocycles. The first-order valence-corrected chi connectivity index (χ1v) is 24.6. The predicted octanol–water partition coefficient (Wildman–Crippen LogP) is 3.08. The monoisotopic (exact) mass is 980 g/mol. The third kappa shape index (κ3) is 11.0. The van der Waals surface area contributed by atoms with Crippen LogP contribution in [0.5, 0.6) is 0 Å². The Hall–Kier alpha value is -5.82. The second kappa shape index (κ2) is 19.4. The number of aliphatic hydroxyl groups is 1. The summed E-state index contributed by atoms with van der Waals surface area (Å²) in [6, 6.07) is 11.9. The van der Waals surface area contributed by atoms with Gasteiger partial charge in [-0.25, -0.2) is 23.4 Å². The van der Waals surface area contributed by atoms with Crippen molar-refractivity contribution in [2.45, 2.75) is 52.6 Å². The molecule has 1 saturated heterocycles. The molecule has 0 spiro atoms. The molecule has 1 amide bonds. The van der Waals surface area contributed by atoms with E-state index in [1.54, 1.807) is 6.07 Å². The molecule has 3 aliphatic rings. The molecule has 6 atom stereocenters. The molecule has 67 heavy (non-hydrogen) atoms. The quantitative estimate of drug-likeness (QED) is 0.0489. The summed E-state index contributed by atoms with van der Waals surface area (Å²) in [5, 5.41) is 29.1. The maximum atomic E-state index is 13.5. The van der Waals surface area contributed by atoms with Gasteiger partial charge < -0.3 is 64.4 Å². The number of fused-ring (bicyclic) bond motifs is 3. The zero-order chi connectivity index (χ0) is 48.6. The molecule has 6 unspecified atom stereocenters. The molecule has 4 heterocycles. The molecule has 7 N–H and O–H groups in total. The highest BCUT2D eigenvalue weighted by Gasteiger charge is 2.38. The van der Waals surface area contributed by atoms with Crippen LogP contribution < -0.4 is 36.4 Å². The van der Waals surface area contributed by atoms with E-state index in [2.05, 4.69) is 50.6 Å². The molecule has 354 valence electrons. The minimum absolute atomic E-state index is 0.0163. The van der Waals surface area contributed by atoms with Crippen molar-refractivity contribution in [2.75, 3.05) is 37.3 Å². The van der Waals surface area contributed by atoms with Crippen molar-refractivity contribution in [1.29, 1.82) is 0 Å². The lowest BCUT2D eigenvalue weighted by atomic mass is 9.88. The summed E-state index contributed by atoms with van der Waals surface area (Å²) >= 11 is 0. The third-order valence-corrected chi connectivity index (χ3v) is 14.0. The van der Waals surface area contributed by atoms with Gasteiger partial charge in [0.05, 0.1) is 41.1 Å². The van der Waals surface area contributed by atoms with Gasteiger partial charge in [-0.1, -0.05) is 17.9 Å². The number of anilines is 2. The number of nitrogens with zero attached hydrogens (tertiary/aromatic N) is 4. The molecule has 1 fully saturated rings. The number of nitrogens with two attached hydrogens (primary N) is 1. The number of rotatable bonds is 15. The van der Waals surface area contributed by atoms with Gasteiger partial charge in [0.2, 0.25) is 0 Å². The Kier molecular flexibility index (Phi) is 14.2. The van der Waals surface area contributed by atoms with Gasteiger partial charge in [0.25, 0.3) is 29.4 Å². The van der Waals surface area contributed by atoms with Crippen LogP contribution in [0.4, 0.5) is 11.5 Å². The van der Waals surface area contributed by atoms with Gasteiger partial charge in [-0.3, -0.25) is 23.5 Å². The first-order valence-electron chi connectivity index (χ1n) is 20.2. The zero-order valence-electron chi connectivity index (χ0n) is 35.8. The topological polar surface area (TPSA) is 358 Å². The number of amides is 1. The Labute approximate surface area is 380 Å². The van der Waals surface area contributed by atoms with Gasteiger partial charge in [0, 0.05) is 65.6 Å². The molecule has 2 aromatic carbocycles. The second-order valence-corrected chi connectivity index (χ2v) is 19.3. The molecular formula is C41H41N7O16P3-3. The van der Waals surface area contributed by atoms with E-state index in [1.807, 2.05) is 52.0 Å². The number of ether oxygens (including phenoxy) is 1. The number of aliphatic hydroxyl groups excluding tert-OH is 1. The number of carbonyl (C=O) groups is 2. The molecule has 0 radical (unpaired) electrons. The van der Waals surface area contributed by atoms with Crippen LogP contribution >= 0.6 is 23.5 Å². The van der Waals surface area contributed by atoms with E-state index in [0.29, 0.717) is 46.5 Å². The van der Waals surface area contributed by atoms with Crippen LogP contribution in [0.2, 0.25) is 0 Å². The van der Waals surface area contributed by atoms with E-state index in [9.17, 15) is 48.2 Å². The number of hydrogen-bond acceptors (Lipinski definition) is 19. The van der Waals surface area contributed by atoms with Gasteiger partial charge in [0.15, 0.2) is 6.23 Å². The van der Waals surface area contributed by atoms with E-state index in [-0.39, 0.29) is 46.5 Å². The summed E-state index contributed by atoms with van der Waals surface area (Å²) in [4.78, 5) is 82.2. The van der Waals surface area contributed by atoms with Crippen molar-refractivity contribution < 1.29 is 75.4 Å². The Morgan fingerprint density at radius 3 is 2.49 bits per heavy atom. The van der Waals surface area contributed by atoms with Crippen LogP contribution in [-0.4, -0.2) is 80.0 Å². The number of nitrogen functional groups attached to an aromatic ring is 1. The van der Waals surface area contributed by atoms with Crippen LogP contribution in [-0.2, 0) is 31.6 Å². The average Bonchev–Trinajstić information content (AvgIpc) is 3.80. The van der Waals surface area contributed by atoms with Gasteiger partial charge >= 0.3 is 5.97 Å². The molecule has 0 bridgehead atoms. The number of carbonyl (C=O) groups excluding carboxylic acids is 1. The lowest BCUT2D eigenvalue weighted by Crippen LogP contribution is -2.24. The standard InChI is InChI=1S/C41H44N7O16P3/c1-5-43-30-16-33-28(12-21(30)3)36(29-13-22(4)31(44-6-2)17-34(29)62-33)26-10-9-23(14-27(26)41(51)52)39(50)45-11-7-8-24-18-48(38-35(24)37(42)46-20-47-38)40-32(49)15-25(61-40)19-60-66(56,57)64-67(58,59)63-65(53,54)55/h9-10,12-14,16-18,20,25,32,40,43,49H,5-6,11,15,19H2,1-4H3,(H,45,50)(H,51,52)(H,56,57)(H,58,59)(H2,42,46,47)(H2,53,54,55)/p-3. The molecule has 1 aliphatic carbocycles. The molecular weight excluding hydrogens is 939 g/mol. The molecule has 23 nitrogen and oxygen atoms in total. The van der Waals surface area contributed by atoms with Gasteiger partial charge in [0.1, 0.15) is 35.2 Å². The Morgan fingerprint density at radius 1 is 1.03 bits per heavy atom. The number of aryl methyl sites for hydroxylation is 2. The van der Waals surface area contributed by atoms with E-state index < -0.39 is 60.4 Å². The minimum atomic E-state index is -6.13. The normalized spacial score (nSPS) is 19.1. The van der Waals surface area contributed by atoms with Gasteiger partial charge in [-0.05, 0) is 68.7 Å².